The molecule has 0 saturated carbocycles. The van der Waals surface area contributed by atoms with E-state index in [2.05, 4.69) is 22.9 Å². The number of rotatable bonds is 28. The van der Waals surface area contributed by atoms with Crippen LogP contribution >= 0.6 is 23.8 Å². The van der Waals surface area contributed by atoms with Gasteiger partial charge in [0.05, 0.1) is 25.6 Å². The summed E-state index contributed by atoms with van der Waals surface area (Å²) in [7, 11) is -8.03. The van der Waals surface area contributed by atoms with Gasteiger partial charge in [-0.2, -0.15) is 8.42 Å². The van der Waals surface area contributed by atoms with Gasteiger partial charge in [0.25, 0.3) is 10.1 Å². The first-order chi connectivity index (χ1) is 17.3. The molecule has 0 rings (SSSR count). The van der Waals surface area contributed by atoms with Crippen LogP contribution in [0.1, 0.15) is 117 Å². The normalized spacial score (nSPS) is 14.7. The molecule has 218 valence electrons. The average molecular weight is 624 g/mol. The zero-order valence-corrected chi connectivity index (χ0v) is 26.0. The predicted octanol–water partition coefficient (Wildman–Crippen LogP) is 7.53. The number of phosphoric ester groups is 1. The Hall–Kier alpha value is 0.460. The van der Waals surface area contributed by atoms with E-state index < -0.39 is 30.7 Å². The number of phosphoric acid groups is 1. The van der Waals surface area contributed by atoms with E-state index in [9.17, 15) is 17.9 Å². The standard InChI is InChI=1S/C25H52BrO8PS/c1-3-5-6-7-8-9-10-11-12-13-14-15-16-17-18-19-21-31-23-25(34-36(29,30)4-2)24-33-35(27,28)32-22-20-26/h25H,3-24H2,1-2H3,(H,27,28). The van der Waals surface area contributed by atoms with Crippen molar-refractivity contribution in [1.82, 2.24) is 0 Å². The topological polar surface area (TPSA) is 108 Å². The number of ether oxygens (including phenoxy) is 1. The van der Waals surface area contributed by atoms with E-state index in [1.54, 1.807) is 0 Å². The smallest absolute Gasteiger partial charge is 0.379 e. The van der Waals surface area contributed by atoms with E-state index in [-0.39, 0.29) is 19.0 Å². The van der Waals surface area contributed by atoms with Gasteiger partial charge in [0.1, 0.15) is 6.10 Å². The maximum absolute atomic E-state index is 11.8. The van der Waals surface area contributed by atoms with Gasteiger partial charge >= 0.3 is 7.82 Å². The average Bonchev–Trinajstić information content (AvgIpc) is 2.85. The second kappa shape index (κ2) is 24.5. The molecule has 2 atom stereocenters. The highest BCUT2D eigenvalue weighted by molar-refractivity contribution is 9.09. The molecule has 1 N–H and O–H groups in total. The van der Waals surface area contributed by atoms with E-state index in [4.69, 9.17) is 18.0 Å². The molecule has 0 bridgehead atoms. The predicted molar refractivity (Wildman–Crippen MR) is 150 cm³/mol. The lowest BCUT2D eigenvalue weighted by atomic mass is 10.0. The van der Waals surface area contributed by atoms with Gasteiger partial charge in [-0.15, -0.1) is 0 Å². The minimum absolute atomic E-state index is 0.0116. The van der Waals surface area contributed by atoms with Crippen LogP contribution in [0, 0.1) is 0 Å². The molecule has 0 heterocycles. The highest BCUT2D eigenvalue weighted by Crippen LogP contribution is 2.43. The molecule has 0 aliphatic heterocycles. The molecule has 0 aromatic carbocycles. The molecule has 0 radical (unpaired) electrons. The summed E-state index contributed by atoms with van der Waals surface area (Å²) >= 11 is 3.09. The molecular formula is C25H52BrO8PS. The molecule has 0 fully saturated rings. The molecule has 0 amide bonds. The summed E-state index contributed by atoms with van der Waals surface area (Å²) < 4.78 is 55.6. The first-order valence-corrected chi connectivity index (χ1v) is 18.1. The van der Waals surface area contributed by atoms with Crippen LogP contribution in [0.2, 0.25) is 0 Å². The first kappa shape index (κ1) is 36.5. The van der Waals surface area contributed by atoms with E-state index in [0.29, 0.717) is 11.9 Å². The van der Waals surface area contributed by atoms with Gasteiger partial charge in [-0.05, 0) is 13.3 Å². The van der Waals surface area contributed by atoms with Crippen LogP contribution in [-0.4, -0.2) is 56.9 Å². The molecular weight excluding hydrogens is 571 g/mol. The Morgan fingerprint density at radius 2 is 1.19 bits per heavy atom. The van der Waals surface area contributed by atoms with Gasteiger partial charge in [-0.1, -0.05) is 119 Å². The van der Waals surface area contributed by atoms with Crippen molar-refractivity contribution < 1.29 is 35.8 Å². The van der Waals surface area contributed by atoms with E-state index >= 15 is 0 Å². The van der Waals surface area contributed by atoms with Crippen LogP contribution in [0.3, 0.4) is 0 Å². The van der Waals surface area contributed by atoms with Crippen molar-refractivity contribution in [2.24, 2.45) is 0 Å². The van der Waals surface area contributed by atoms with Crippen molar-refractivity contribution in [3.63, 3.8) is 0 Å². The summed E-state index contributed by atoms with van der Waals surface area (Å²) in [5, 5.41) is 0.369. The number of unbranched alkanes of at least 4 members (excludes halogenated alkanes) is 15. The Morgan fingerprint density at radius 3 is 1.64 bits per heavy atom. The number of hydrogen-bond donors (Lipinski definition) is 1. The minimum Gasteiger partial charge on any atom is -0.379 e. The quantitative estimate of drug-likeness (QED) is 0.0413. The van der Waals surface area contributed by atoms with Crippen LogP contribution in [0.25, 0.3) is 0 Å². The fourth-order valence-corrected chi connectivity index (χ4v) is 5.54. The summed E-state index contributed by atoms with van der Waals surface area (Å²) in [6, 6.07) is 0. The van der Waals surface area contributed by atoms with Crippen LogP contribution in [0.4, 0.5) is 0 Å². The van der Waals surface area contributed by atoms with Crippen molar-refractivity contribution in [3.8, 4) is 0 Å². The second-order valence-electron chi connectivity index (χ2n) is 9.23. The SMILES string of the molecule is CCCCCCCCCCCCCCCCCCOCC(COP(=O)(O)OCCBr)OS(=O)(=O)CC. The van der Waals surface area contributed by atoms with Crippen molar-refractivity contribution >= 4 is 33.9 Å². The number of alkyl halides is 1. The third kappa shape index (κ3) is 24.8. The Morgan fingerprint density at radius 1 is 0.722 bits per heavy atom. The highest BCUT2D eigenvalue weighted by Gasteiger charge is 2.26. The van der Waals surface area contributed by atoms with Crippen LogP contribution in [0.15, 0.2) is 0 Å². The lowest BCUT2D eigenvalue weighted by Gasteiger charge is -2.19. The third-order valence-electron chi connectivity index (χ3n) is 5.84. The summed E-state index contributed by atoms with van der Waals surface area (Å²) in [5.41, 5.74) is 0. The molecule has 0 aliphatic carbocycles. The van der Waals surface area contributed by atoms with Gasteiger partial charge in [0, 0.05) is 11.9 Å². The number of halogens is 1. The lowest BCUT2D eigenvalue weighted by molar-refractivity contribution is 0.0183. The molecule has 2 unspecified atom stereocenters. The Labute approximate surface area is 229 Å². The van der Waals surface area contributed by atoms with Gasteiger partial charge < -0.3 is 9.63 Å². The largest absolute Gasteiger partial charge is 0.472 e. The Bertz CT molecular complexity index is 636. The molecule has 36 heavy (non-hydrogen) atoms. The molecule has 8 nitrogen and oxygen atoms in total. The molecule has 0 aliphatic rings. The zero-order chi connectivity index (χ0) is 27.0. The van der Waals surface area contributed by atoms with Crippen LogP contribution in [-0.2, 0) is 32.7 Å². The van der Waals surface area contributed by atoms with Crippen molar-refractivity contribution in [3.05, 3.63) is 0 Å². The summed E-state index contributed by atoms with van der Waals surface area (Å²) in [4.78, 5) is 9.62. The minimum atomic E-state index is -4.28. The third-order valence-corrected chi connectivity index (χ3v) is 8.42. The zero-order valence-electron chi connectivity index (χ0n) is 22.7. The molecule has 0 saturated heterocycles. The van der Waals surface area contributed by atoms with E-state index in [1.807, 2.05) is 0 Å². The monoisotopic (exact) mass is 622 g/mol. The first-order valence-electron chi connectivity index (χ1n) is 13.9. The lowest BCUT2D eigenvalue weighted by Crippen LogP contribution is -2.29. The van der Waals surface area contributed by atoms with Gasteiger partial charge in [0.15, 0.2) is 0 Å². The molecule has 0 spiro atoms. The van der Waals surface area contributed by atoms with Gasteiger partial charge in [-0.3, -0.25) is 13.2 Å². The maximum Gasteiger partial charge on any atom is 0.472 e. The van der Waals surface area contributed by atoms with Crippen molar-refractivity contribution in [2.45, 2.75) is 123 Å². The van der Waals surface area contributed by atoms with Crippen molar-refractivity contribution in [2.75, 3.05) is 37.5 Å². The summed E-state index contributed by atoms with van der Waals surface area (Å²) in [5.74, 6) is -0.209. The fraction of sp³-hybridized carbons (Fsp3) is 1.00. The van der Waals surface area contributed by atoms with Gasteiger partial charge in [0.2, 0.25) is 0 Å². The highest BCUT2D eigenvalue weighted by atomic mass is 79.9. The Balaban J connectivity index is 3.78. The van der Waals surface area contributed by atoms with Crippen LogP contribution < -0.4 is 0 Å². The maximum atomic E-state index is 11.8. The second-order valence-corrected chi connectivity index (χ2v) is 13.4. The van der Waals surface area contributed by atoms with Gasteiger partial charge in [-0.25, -0.2) is 4.57 Å². The van der Waals surface area contributed by atoms with E-state index in [0.717, 1.165) is 19.3 Å². The summed E-state index contributed by atoms with van der Waals surface area (Å²) in [6.07, 6.45) is 19.7. The fourth-order valence-electron chi connectivity index (χ4n) is 3.71. The molecule has 0 aromatic heterocycles. The molecule has 0 aromatic rings. The van der Waals surface area contributed by atoms with Crippen LogP contribution in [0.5, 0.6) is 0 Å². The van der Waals surface area contributed by atoms with Crippen molar-refractivity contribution in [1.29, 1.82) is 0 Å². The van der Waals surface area contributed by atoms with E-state index in [1.165, 1.54) is 90.4 Å². The summed E-state index contributed by atoms with van der Waals surface area (Å²) in [6.45, 7) is 3.71. The number of hydrogen-bond acceptors (Lipinski definition) is 7. The molecule has 11 heteroatoms. The Kier molecular flexibility index (Phi) is 24.8.